The minimum Gasteiger partial charge on any atom is -0.233 e. The zero-order valence-electron chi connectivity index (χ0n) is 12.4. The van der Waals surface area contributed by atoms with E-state index in [-0.39, 0.29) is 5.41 Å². The molecule has 1 heterocycles. The Kier molecular flexibility index (Phi) is 3.70. The summed E-state index contributed by atoms with van der Waals surface area (Å²) in [6.45, 7) is 10.9. The SMILES string of the molecule is CC(C)c1cc(C(C)(C)C)nc(-c2ccccc2)n1. The Morgan fingerprint density at radius 2 is 1.58 bits per heavy atom. The van der Waals surface area contributed by atoms with Gasteiger partial charge in [-0.2, -0.15) is 0 Å². The monoisotopic (exact) mass is 254 g/mol. The highest BCUT2D eigenvalue weighted by molar-refractivity contribution is 5.55. The molecule has 2 heteroatoms. The van der Waals surface area contributed by atoms with Crippen molar-refractivity contribution >= 4 is 0 Å². The van der Waals surface area contributed by atoms with E-state index in [9.17, 15) is 0 Å². The molecule has 2 rings (SSSR count). The number of hydrogen-bond donors (Lipinski definition) is 0. The van der Waals surface area contributed by atoms with E-state index in [2.05, 4.69) is 52.8 Å². The molecule has 0 atom stereocenters. The van der Waals surface area contributed by atoms with Gasteiger partial charge in [-0.25, -0.2) is 9.97 Å². The van der Waals surface area contributed by atoms with Crippen LogP contribution in [-0.4, -0.2) is 9.97 Å². The molecule has 2 nitrogen and oxygen atoms in total. The van der Waals surface area contributed by atoms with Gasteiger partial charge < -0.3 is 0 Å². The van der Waals surface area contributed by atoms with Gasteiger partial charge in [0, 0.05) is 16.7 Å². The molecule has 0 saturated carbocycles. The van der Waals surface area contributed by atoms with Crippen molar-refractivity contribution in [2.45, 2.75) is 46.0 Å². The van der Waals surface area contributed by atoms with E-state index in [1.807, 2.05) is 18.2 Å². The zero-order chi connectivity index (χ0) is 14.0. The Hall–Kier alpha value is -1.70. The van der Waals surface area contributed by atoms with E-state index in [0.717, 1.165) is 22.8 Å². The van der Waals surface area contributed by atoms with Gasteiger partial charge in [0.25, 0.3) is 0 Å². The lowest BCUT2D eigenvalue weighted by atomic mass is 9.90. The molecule has 0 bridgehead atoms. The molecule has 0 unspecified atom stereocenters. The second kappa shape index (κ2) is 5.12. The molecule has 1 aromatic heterocycles. The molecule has 2 aromatic rings. The minimum atomic E-state index is 0.0378. The van der Waals surface area contributed by atoms with E-state index < -0.39 is 0 Å². The lowest BCUT2D eigenvalue weighted by molar-refractivity contribution is 0.564. The van der Waals surface area contributed by atoms with Crippen LogP contribution < -0.4 is 0 Å². The first-order valence-electron chi connectivity index (χ1n) is 6.83. The maximum Gasteiger partial charge on any atom is 0.159 e. The Bertz CT molecular complexity index is 551. The van der Waals surface area contributed by atoms with Crippen LogP contribution in [0.3, 0.4) is 0 Å². The van der Waals surface area contributed by atoms with Crippen molar-refractivity contribution in [3.8, 4) is 11.4 Å². The Morgan fingerprint density at radius 3 is 2.11 bits per heavy atom. The second-order valence-corrected chi connectivity index (χ2v) is 6.27. The molecule has 0 aliphatic rings. The topological polar surface area (TPSA) is 25.8 Å². The van der Waals surface area contributed by atoms with Crippen LogP contribution in [0, 0.1) is 0 Å². The number of hydrogen-bond acceptors (Lipinski definition) is 2. The summed E-state index contributed by atoms with van der Waals surface area (Å²) in [5.74, 6) is 1.24. The molecule has 100 valence electrons. The summed E-state index contributed by atoms with van der Waals surface area (Å²) in [7, 11) is 0. The lowest BCUT2D eigenvalue weighted by Crippen LogP contribution is -2.16. The highest BCUT2D eigenvalue weighted by Crippen LogP contribution is 2.26. The van der Waals surface area contributed by atoms with E-state index in [0.29, 0.717) is 5.92 Å². The number of benzene rings is 1. The summed E-state index contributed by atoms with van der Waals surface area (Å²) < 4.78 is 0. The standard InChI is InChI=1S/C17H22N2/c1-12(2)14-11-15(17(3,4)5)19-16(18-14)13-9-7-6-8-10-13/h6-12H,1-5H3. The zero-order valence-corrected chi connectivity index (χ0v) is 12.4. The van der Waals surface area contributed by atoms with E-state index in [1.165, 1.54) is 0 Å². The van der Waals surface area contributed by atoms with Gasteiger partial charge in [0.15, 0.2) is 5.82 Å². The lowest BCUT2D eigenvalue weighted by Gasteiger charge is -2.20. The van der Waals surface area contributed by atoms with E-state index in [1.54, 1.807) is 0 Å². The third kappa shape index (κ3) is 3.19. The average Bonchev–Trinajstić information content (AvgIpc) is 2.38. The van der Waals surface area contributed by atoms with Crippen LogP contribution in [-0.2, 0) is 5.41 Å². The number of rotatable bonds is 2. The molecule has 0 radical (unpaired) electrons. The average molecular weight is 254 g/mol. The Morgan fingerprint density at radius 1 is 0.947 bits per heavy atom. The first-order chi connectivity index (χ1) is 8.88. The molecule has 0 aliphatic heterocycles. The van der Waals surface area contributed by atoms with Gasteiger partial charge >= 0.3 is 0 Å². The Balaban J connectivity index is 2.59. The number of nitrogens with zero attached hydrogens (tertiary/aromatic N) is 2. The maximum absolute atomic E-state index is 4.75. The first-order valence-corrected chi connectivity index (χ1v) is 6.83. The Labute approximate surface area is 115 Å². The van der Waals surface area contributed by atoms with Crippen molar-refractivity contribution in [3.63, 3.8) is 0 Å². The maximum atomic E-state index is 4.75. The van der Waals surface area contributed by atoms with Gasteiger partial charge in [-0.05, 0) is 12.0 Å². The predicted molar refractivity (Wildman–Crippen MR) is 80.3 cm³/mol. The van der Waals surface area contributed by atoms with E-state index in [4.69, 9.17) is 9.97 Å². The summed E-state index contributed by atoms with van der Waals surface area (Å²) in [5.41, 5.74) is 3.33. The van der Waals surface area contributed by atoms with Crippen LogP contribution in [0.4, 0.5) is 0 Å². The van der Waals surface area contributed by atoms with Crippen molar-refractivity contribution < 1.29 is 0 Å². The molecule has 1 aromatic carbocycles. The van der Waals surface area contributed by atoms with Crippen molar-refractivity contribution in [2.24, 2.45) is 0 Å². The van der Waals surface area contributed by atoms with E-state index >= 15 is 0 Å². The molecular weight excluding hydrogens is 232 g/mol. The highest BCUT2D eigenvalue weighted by Gasteiger charge is 2.19. The highest BCUT2D eigenvalue weighted by atomic mass is 14.9. The van der Waals surface area contributed by atoms with Crippen molar-refractivity contribution in [1.29, 1.82) is 0 Å². The van der Waals surface area contributed by atoms with Crippen molar-refractivity contribution in [2.75, 3.05) is 0 Å². The number of aromatic nitrogens is 2. The third-order valence-corrected chi connectivity index (χ3v) is 3.14. The van der Waals surface area contributed by atoms with Gasteiger partial charge in [0.2, 0.25) is 0 Å². The minimum absolute atomic E-state index is 0.0378. The summed E-state index contributed by atoms with van der Waals surface area (Å²) in [6.07, 6.45) is 0. The van der Waals surface area contributed by atoms with Crippen LogP contribution in [0.25, 0.3) is 11.4 Å². The van der Waals surface area contributed by atoms with Gasteiger partial charge in [-0.1, -0.05) is 65.0 Å². The fraction of sp³-hybridized carbons (Fsp3) is 0.412. The quantitative estimate of drug-likeness (QED) is 0.785. The normalized spacial score (nSPS) is 11.9. The molecule has 0 amide bonds. The van der Waals surface area contributed by atoms with Gasteiger partial charge in [-0.3, -0.25) is 0 Å². The molecule has 0 N–H and O–H groups in total. The molecular formula is C17H22N2. The van der Waals surface area contributed by atoms with Gasteiger partial charge in [0.1, 0.15) is 0 Å². The molecule has 0 spiro atoms. The molecule has 0 fully saturated rings. The van der Waals surface area contributed by atoms with Crippen LogP contribution in [0.1, 0.15) is 51.9 Å². The smallest absolute Gasteiger partial charge is 0.159 e. The van der Waals surface area contributed by atoms with Crippen LogP contribution in [0.15, 0.2) is 36.4 Å². The van der Waals surface area contributed by atoms with Crippen molar-refractivity contribution in [3.05, 3.63) is 47.8 Å². The third-order valence-electron chi connectivity index (χ3n) is 3.14. The van der Waals surface area contributed by atoms with Gasteiger partial charge in [-0.15, -0.1) is 0 Å². The predicted octanol–water partition coefficient (Wildman–Crippen LogP) is 4.56. The van der Waals surface area contributed by atoms with Gasteiger partial charge in [0.05, 0.1) is 5.69 Å². The fourth-order valence-electron chi connectivity index (χ4n) is 1.86. The fourth-order valence-corrected chi connectivity index (χ4v) is 1.86. The first kappa shape index (κ1) is 13.7. The summed E-state index contributed by atoms with van der Waals surface area (Å²) in [4.78, 5) is 9.45. The van der Waals surface area contributed by atoms with Crippen molar-refractivity contribution in [1.82, 2.24) is 9.97 Å². The molecule has 19 heavy (non-hydrogen) atoms. The second-order valence-electron chi connectivity index (χ2n) is 6.27. The molecule has 0 saturated heterocycles. The largest absolute Gasteiger partial charge is 0.233 e. The van der Waals surface area contributed by atoms with Crippen LogP contribution in [0.2, 0.25) is 0 Å². The van der Waals surface area contributed by atoms with Crippen LogP contribution >= 0.6 is 0 Å². The summed E-state index contributed by atoms with van der Waals surface area (Å²) in [6, 6.07) is 12.3. The summed E-state index contributed by atoms with van der Waals surface area (Å²) in [5, 5.41) is 0. The summed E-state index contributed by atoms with van der Waals surface area (Å²) >= 11 is 0. The van der Waals surface area contributed by atoms with Crippen LogP contribution in [0.5, 0.6) is 0 Å². The molecule has 0 aliphatic carbocycles.